The van der Waals surface area contributed by atoms with Crippen molar-refractivity contribution in [1.82, 2.24) is 25.1 Å². The molecular formula is C15H17N5O3S. The molecule has 0 aliphatic heterocycles. The molecule has 0 bridgehead atoms. The predicted molar refractivity (Wildman–Crippen MR) is 86.6 cm³/mol. The summed E-state index contributed by atoms with van der Waals surface area (Å²) in [6.07, 6.45) is 2.10. The zero-order valence-electron chi connectivity index (χ0n) is 13.2. The van der Waals surface area contributed by atoms with Crippen LogP contribution in [0.3, 0.4) is 0 Å². The van der Waals surface area contributed by atoms with E-state index in [9.17, 15) is 8.42 Å². The number of hydrogen-bond donors (Lipinski definition) is 2. The maximum Gasteiger partial charge on any atom is 0.257 e. The lowest BCUT2D eigenvalue weighted by Gasteiger charge is -2.09. The van der Waals surface area contributed by atoms with Crippen molar-refractivity contribution in [3.63, 3.8) is 0 Å². The van der Waals surface area contributed by atoms with Gasteiger partial charge in [-0.25, -0.2) is 13.1 Å². The van der Waals surface area contributed by atoms with Crippen LogP contribution in [0.4, 0.5) is 0 Å². The van der Waals surface area contributed by atoms with Crippen LogP contribution in [0.5, 0.6) is 0 Å². The number of benzene rings is 1. The molecule has 0 saturated heterocycles. The smallest absolute Gasteiger partial charge is 0.257 e. The molecule has 2 heterocycles. The van der Waals surface area contributed by atoms with E-state index in [0.29, 0.717) is 17.8 Å². The van der Waals surface area contributed by atoms with Crippen molar-refractivity contribution in [2.24, 2.45) is 0 Å². The average Bonchev–Trinajstić information content (AvgIpc) is 3.18. The Morgan fingerprint density at radius 1 is 1.29 bits per heavy atom. The number of nitrogens with one attached hydrogen (secondary N) is 2. The zero-order chi connectivity index (χ0) is 17.2. The minimum absolute atomic E-state index is 0.155. The summed E-state index contributed by atoms with van der Waals surface area (Å²) in [5.74, 6) is 0.758. The lowest BCUT2D eigenvalue weighted by Crippen LogP contribution is -2.30. The number of nitrogens with zero attached hydrogens (tertiary/aromatic N) is 3. The van der Waals surface area contributed by atoms with Crippen LogP contribution in [0, 0.1) is 0 Å². The van der Waals surface area contributed by atoms with Crippen molar-refractivity contribution in [2.45, 2.75) is 31.2 Å². The third kappa shape index (κ3) is 3.69. The van der Waals surface area contributed by atoms with Gasteiger partial charge in [0.2, 0.25) is 10.0 Å². The maximum atomic E-state index is 12.3. The molecule has 0 aliphatic carbocycles. The van der Waals surface area contributed by atoms with E-state index in [4.69, 9.17) is 4.52 Å². The number of rotatable bonds is 6. The summed E-state index contributed by atoms with van der Waals surface area (Å²) >= 11 is 0. The summed E-state index contributed by atoms with van der Waals surface area (Å²) in [4.78, 5) is 4.45. The molecule has 2 N–H and O–H groups in total. The lowest BCUT2D eigenvalue weighted by atomic mass is 10.2. The van der Waals surface area contributed by atoms with Crippen molar-refractivity contribution in [1.29, 1.82) is 0 Å². The van der Waals surface area contributed by atoms with E-state index in [1.54, 1.807) is 32.2 Å². The first-order valence-corrected chi connectivity index (χ1v) is 8.86. The van der Waals surface area contributed by atoms with Gasteiger partial charge < -0.3 is 4.52 Å². The summed E-state index contributed by atoms with van der Waals surface area (Å²) in [7, 11) is -3.58. The molecule has 2 aromatic heterocycles. The van der Waals surface area contributed by atoms with Gasteiger partial charge in [0, 0.05) is 23.5 Å². The number of H-pyrrole nitrogens is 1. The molecular weight excluding hydrogens is 330 g/mol. The molecule has 3 rings (SSSR count). The highest BCUT2D eigenvalue weighted by molar-refractivity contribution is 7.89. The highest BCUT2D eigenvalue weighted by atomic mass is 32.2. The molecule has 0 amide bonds. The summed E-state index contributed by atoms with van der Waals surface area (Å²) < 4.78 is 32.3. The Labute approximate surface area is 139 Å². The van der Waals surface area contributed by atoms with E-state index in [2.05, 4.69) is 25.1 Å². The van der Waals surface area contributed by atoms with Crippen LogP contribution >= 0.6 is 0 Å². The van der Waals surface area contributed by atoms with Crippen molar-refractivity contribution >= 4 is 10.0 Å². The number of sulfonamides is 1. The molecule has 0 atom stereocenters. The van der Waals surface area contributed by atoms with Crippen molar-refractivity contribution in [3.05, 3.63) is 48.0 Å². The van der Waals surface area contributed by atoms with Crippen LogP contribution in [0.25, 0.3) is 11.5 Å². The molecule has 1 aromatic carbocycles. The second-order valence-electron chi connectivity index (χ2n) is 5.58. The van der Waals surface area contributed by atoms with E-state index in [1.165, 1.54) is 12.1 Å². The van der Waals surface area contributed by atoms with E-state index in [0.717, 1.165) is 5.69 Å². The van der Waals surface area contributed by atoms with Gasteiger partial charge in [-0.2, -0.15) is 10.1 Å². The second kappa shape index (κ2) is 6.54. The lowest BCUT2D eigenvalue weighted by molar-refractivity contribution is 0.423. The van der Waals surface area contributed by atoms with Crippen LogP contribution in [0.2, 0.25) is 0 Å². The first-order valence-electron chi connectivity index (χ1n) is 7.37. The van der Waals surface area contributed by atoms with Crippen LogP contribution in [-0.4, -0.2) is 34.8 Å². The second-order valence-corrected chi connectivity index (χ2v) is 7.29. The quantitative estimate of drug-likeness (QED) is 0.702. The first-order chi connectivity index (χ1) is 11.4. The molecule has 9 heteroatoms. The fourth-order valence-corrected chi connectivity index (χ4v) is 3.47. The Kier molecular flexibility index (Phi) is 4.45. The Balaban J connectivity index is 1.85. The highest BCUT2D eigenvalue weighted by Crippen LogP contribution is 2.21. The van der Waals surface area contributed by atoms with Gasteiger partial charge in [-0.05, 0) is 38.1 Å². The fraction of sp³-hybridized carbons (Fsp3) is 0.267. The van der Waals surface area contributed by atoms with Gasteiger partial charge in [-0.3, -0.25) is 5.10 Å². The van der Waals surface area contributed by atoms with Gasteiger partial charge in [0.25, 0.3) is 5.89 Å². The molecule has 0 unspecified atom stereocenters. The molecule has 0 radical (unpaired) electrons. The van der Waals surface area contributed by atoms with Crippen LogP contribution in [-0.2, 0) is 16.4 Å². The molecule has 8 nitrogen and oxygen atoms in total. The van der Waals surface area contributed by atoms with Crippen LogP contribution < -0.4 is 4.72 Å². The van der Waals surface area contributed by atoms with Crippen molar-refractivity contribution in [2.75, 3.05) is 0 Å². The average molecular weight is 347 g/mol. The largest absolute Gasteiger partial charge is 0.334 e. The fourth-order valence-electron chi connectivity index (χ4n) is 2.17. The molecule has 0 aliphatic rings. The first kappa shape index (κ1) is 16.3. The SMILES string of the molecule is CC(C)NS(=O)(=O)c1cccc(-c2nc(Cc3ccn[nH]3)no2)c1. The van der Waals surface area contributed by atoms with Gasteiger partial charge >= 0.3 is 0 Å². The number of aromatic amines is 1. The van der Waals surface area contributed by atoms with Gasteiger partial charge in [0.05, 0.1) is 11.3 Å². The summed E-state index contributed by atoms with van der Waals surface area (Å²) in [5.41, 5.74) is 1.41. The summed E-state index contributed by atoms with van der Waals surface area (Å²) in [5, 5.41) is 10.6. The van der Waals surface area contributed by atoms with E-state index < -0.39 is 10.0 Å². The van der Waals surface area contributed by atoms with Gasteiger partial charge in [0.1, 0.15) is 0 Å². The van der Waals surface area contributed by atoms with Crippen LogP contribution in [0.15, 0.2) is 45.9 Å². The van der Waals surface area contributed by atoms with Gasteiger partial charge in [-0.1, -0.05) is 11.2 Å². The monoisotopic (exact) mass is 347 g/mol. The Hall–Kier alpha value is -2.52. The van der Waals surface area contributed by atoms with Crippen molar-refractivity contribution < 1.29 is 12.9 Å². The Bertz CT molecular complexity index is 916. The molecule has 126 valence electrons. The number of aromatic nitrogens is 4. The van der Waals surface area contributed by atoms with Gasteiger partial charge in [0.15, 0.2) is 5.82 Å². The van der Waals surface area contributed by atoms with Crippen molar-refractivity contribution in [3.8, 4) is 11.5 Å². The van der Waals surface area contributed by atoms with E-state index in [-0.39, 0.29) is 16.8 Å². The topological polar surface area (TPSA) is 114 Å². The third-order valence-electron chi connectivity index (χ3n) is 3.16. The van der Waals surface area contributed by atoms with Gasteiger partial charge in [-0.15, -0.1) is 0 Å². The van der Waals surface area contributed by atoms with E-state index >= 15 is 0 Å². The molecule has 0 spiro atoms. The minimum atomic E-state index is -3.58. The molecule has 24 heavy (non-hydrogen) atoms. The third-order valence-corrected chi connectivity index (χ3v) is 4.81. The number of hydrogen-bond acceptors (Lipinski definition) is 6. The van der Waals surface area contributed by atoms with Crippen LogP contribution in [0.1, 0.15) is 25.4 Å². The van der Waals surface area contributed by atoms with E-state index in [1.807, 2.05) is 6.07 Å². The maximum absolute atomic E-state index is 12.3. The summed E-state index contributed by atoms with van der Waals surface area (Å²) in [6.45, 7) is 3.53. The minimum Gasteiger partial charge on any atom is -0.334 e. The molecule has 3 aromatic rings. The standard InChI is InChI=1S/C15H17N5O3S/c1-10(2)20-24(21,22)13-5-3-4-11(8-13)15-17-14(19-23-15)9-12-6-7-16-18-12/h3-8,10,20H,9H2,1-2H3,(H,16,18). The Morgan fingerprint density at radius 3 is 2.83 bits per heavy atom. The summed E-state index contributed by atoms with van der Waals surface area (Å²) in [6, 6.07) is 8.03. The zero-order valence-corrected chi connectivity index (χ0v) is 14.0. The highest BCUT2D eigenvalue weighted by Gasteiger charge is 2.17. The predicted octanol–water partition coefficient (Wildman–Crippen LogP) is 1.74. The Morgan fingerprint density at radius 2 is 2.12 bits per heavy atom. The molecule has 0 fully saturated rings. The molecule has 0 saturated carbocycles. The normalized spacial score (nSPS) is 12.0.